The predicted molar refractivity (Wildman–Crippen MR) is 53.4 cm³/mol. The summed E-state index contributed by atoms with van der Waals surface area (Å²) in [6.07, 6.45) is 1.86. The van der Waals surface area contributed by atoms with Crippen LogP contribution in [0.5, 0.6) is 0 Å². The largest absolute Gasteiger partial charge is 0.303 e. The number of hydrogen-bond acceptors (Lipinski definition) is 1. The fourth-order valence-electron chi connectivity index (χ4n) is 1.56. The summed E-state index contributed by atoms with van der Waals surface area (Å²) in [4.78, 5) is 10.5. The maximum Gasteiger partial charge on any atom is 0.123 e. The zero-order chi connectivity index (χ0) is 9.42. The molecule has 13 heavy (non-hydrogen) atoms. The molecule has 0 radical (unpaired) electrons. The number of hydrogen-bond donors (Lipinski definition) is 0. The van der Waals surface area contributed by atoms with Crippen LogP contribution in [-0.2, 0) is 4.79 Å². The summed E-state index contributed by atoms with van der Waals surface area (Å²) in [7, 11) is 0. The molecule has 0 aliphatic heterocycles. The van der Waals surface area contributed by atoms with Crippen molar-refractivity contribution in [1.82, 2.24) is 0 Å². The summed E-state index contributed by atoms with van der Waals surface area (Å²) in [5, 5.41) is 1.34. The quantitative estimate of drug-likeness (QED) is 0.691. The van der Waals surface area contributed by atoms with Crippen LogP contribution in [0.1, 0.15) is 17.9 Å². The van der Waals surface area contributed by atoms with Crippen LogP contribution in [0.3, 0.4) is 0 Å². The normalized spacial score (nSPS) is 25.7. The van der Waals surface area contributed by atoms with E-state index in [1.165, 1.54) is 0 Å². The van der Waals surface area contributed by atoms with Crippen molar-refractivity contribution in [1.29, 1.82) is 0 Å². The minimum atomic E-state index is 0.123. The first-order chi connectivity index (χ1) is 6.24. The lowest BCUT2D eigenvalue weighted by atomic mass is 10.1. The molecule has 1 aromatic rings. The molecule has 0 spiro atoms. The molecule has 0 bridgehead atoms. The third-order valence-electron chi connectivity index (χ3n) is 2.39. The summed E-state index contributed by atoms with van der Waals surface area (Å²) in [5.41, 5.74) is 0.933. The standard InChI is InChI=1S/C10H8Cl2O/c11-8-2-1-3-9(12)10(8)7-4-6(7)5-13/h1-3,5-7H,4H2. The van der Waals surface area contributed by atoms with Gasteiger partial charge in [-0.25, -0.2) is 0 Å². The Kier molecular flexibility index (Phi) is 2.31. The zero-order valence-corrected chi connectivity index (χ0v) is 8.35. The molecule has 1 aliphatic carbocycles. The Morgan fingerprint density at radius 3 is 2.38 bits per heavy atom. The first-order valence-electron chi connectivity index (χ1n) is 4.13. The van der Waals surface area contributed by atoms with E-state index in [1.807, 2.05) is 18.2 Å². The van der Waals surface area contributed by atoms with Gasteiger partial charge in [0, 0.05) is 16.0 Å². The highest BCUT2D eigenvalue weighted by molar-refractivity contribution is 6.36. The Bertz CT molecular complexity index is 329. The molecule has 1 aliphatic rings. The fraction of sp³-hybridized carbons (Fsp3) is 0.300. The summed E-state index contributed by atoms with van der Waals surface area (Å²) in [6, 6.07) is 5.43. The Morgan fingerprint density at radius 2 is 1.92 bits per heavy atom. The van der Waals surface area contributed by atoms with E-state index >= 15 is 0 Å². The fourth-order valence-corrected chi connectivity index (χ4v) is 2.24. The molecule has 0 N–H and O–H groups in total. The predicted octanol–water partition coefficient (Wildman–Crippen LogP) is 3.30. The van der Waals surface area contributed by atoms with Crippen molar-refractivity contribution in [2.24, 2.45) is 5.92 Å². The average Bonchev–Trinajstić information content (AvgIpc) is 2.83. The highest BCUT2D eigenvalue weighted by Gasteiger charge is 2.40. The van der Waals surface area contributed by atoms with Gasteiger partial charge in [-0.15, -0.1) is 0 Å². The van der Waals surface area contributed by atoms with Crippen molar-refractivity contribution in [3.8, 4) is 0 Å². The van der Waals surface area contributed by atoms with Crippen molar-refractivity contribution in [3.63, 3.8) is 0 Å². The van der Waals surface area contributed by atoms with E-state index in [2.05, 4.69) is 0 Å². The molecule has 1 saturated carbocycles. The van der Waals surface area contributed by atoms with Gasteiger partial charge in [-0.3, -0.25) is 0 Å². The summed E-state index contributed by atoms with van der Waals surface area (Å²) in [5.74, 6) is 0.371. The maximum atomic E-state index is 10.5. The van der Waals surface area contributed by atoms with E-state index in [0.717, 1.165) is 18.3 Å². The van der Waals surface area contributed by atoms with Crippen LogP contribution in [-0.4, -0.2) is 6.29 Å². The first-order valence-corrected chi connectivity index (χ1v) is 4.89. The second kappa shape index (κ2) is 3.32. The Morgan fingerprint density at radius 1 is 1.31 bits per heavy atom. The van der Waals surface area contributed by atoms with Crippen molar-refractivity contribution >= 4 is 29.5 Å². The number of rotatable bonds is 2. The lowest BCUT2D eigenvalue weighted by Crippen LogP contribution is -1.87. The molecule has 0 aromatic heterocycles. The third kappa shape index (κ3) is 1.59. The number of carbonyl (C=O) groups excluding carboxylic acids is 1. The van der Waals surface area contributed by atoms with E-state index < -0.39 is 0 Å². The third-order valence-corrected chi connectivity index (χ3v) is 3.04. The molecule has 2 rings (SSSR count). The second-order valence-corrected chi connectivity index (χ2v) is 4.09. The average molecular weight is 215 g/mol. The molecule has 68 valence electrons. The van der Waals surface area contributed by atoms with Gasteiger partial charge < -0.3 is 4.79 Å². The number of halogens is 2. The van der Waals surface area contributed by atoms with Gasteiger partial charge in [0.05, 0.1) is 0 Å². The molecule has 1 aromatic carbocycles. The molecule has 0 heterocycles. The van der Waals surface area contributed by atoms with Gasteiger partial charge in [0.1, 0.15) is 6.29 Å². The van der Waals surface area contributed by atoms with E-state index in [4.69, 9.17) is 23.2 Å². The van der Waals surface area contributed by atoms with E-state index in [1.54, 1.807) is 0 Å². The maximum absolute atomic E-state index is 10.5. The van der Waals surface area contributed by atoms with Crippen LogP contribution in [0.25, 0.3) is 0 Å². The first kappa shape index (κ1) is 9.04. The van der Waals surface area contributed by atoms with Crippen LogP contribution in [0, 0.1) is 5.92 Å². The summed E-state index contributed by atoms with van der Waals surface area (Å²) >= 11 is 12.0. The molecular formula is C10H8Cl2O. The number of carbonyl (C=O) groups is 1. The van der Waals surface area contributed by atoms with Crippen LogP contribution in [0.15, 0.2) is 18.2 Å². The molecule has 1 fully saturated rings. The van der Waals surface area contributed by atoms with Gasteiger partial charge in [-0.2, -0.15) is 0 Å². The molecular weight excluding hydrogens is 207 g/mol. The van der Waals surface area contributed by atoms with Crippen molar-refractivity contribution < 1.29 is 4.79 Å². The molecule has 3 heteroatoms. The molecule has 0 saturated heterocycles. The monoisotopic (exact) mass is 214 g/mol. The van der Waals surface area contributed by atoms with Crippen molar-refractivity contribution in [2.75, 3.05) is 0 Å². The highest BCUT2D eigenvalue weighted by Crippen LogP contribution is 2.50. The van der Waals surface area contributed by atoms with Gasteiger partial charge in [-0.1, -0.05) is 29.3 Å². The van der Waals surface area contributed by atoms with Crippen molar-refractivity contribution in [2.45, 2.75) is 12.3 Å². The van der Waals surface area contributed by atoms with Gasteiger partial charge in [0.25, 0.3) is 0 Å². The summed E-state index contributed by atoms with van der Waals surface area (Å²) < 4.78 is 0. The lowest BCUT2D eigenvalue weighted by molar-refractivity contribution is -0.108. The van der Waals surface area contributed by atoms with Crippen LogP contribution in [0.2, 0.25) is 10.0 Å². The van der Waals surface area contributed by atoms with Crippen molar-refractivity contribution in [3.05, 3.63) is 33.8 Å². The molecule has 2 unspecified atom stereocenters. The number of benzene rings is 1. The van der Waals surface area contributed by atoms with Crippen LogP contribution >= 0.6 is 23.2 Å². The zero-order valence-electron chi connectivity index (χ0n) is 6.84. The van der Waals surface area contributed by atoms with E-state index in [0.29, 0.717) is 10.0 Å². The Labute approximate surface area is 86.7 Å². The topological polar surface area (TPSA) is 17.1 Å². The van der Waals surface area contributed by atoms with Gasteiger partial charge in [-0.05, 0) is 30.0 Å². The molecule has 2 atom stereocenters. The van der Waals surface area contributed by atoms with E-state index in [9.17, 15) is 4.79 Å². The SMILES string of the molecule is O=CC1CC1c1c(Cl)cccc1Cl. The molecule has 1 nitrogen and oxygen atoms in total. The molecule has 0 amide bonds. The summed E-state index contributed by atoms with van der Waals surface area (Å²) in [6.45, 7) is 0. The minimum Gasteiger partial charge on any atom is -0.303 e. The smallest absolute Gasteiger partial charge is 0.123 e. The van der Waals surface area contributed by atoms with Crippen LogP contribution < -0.4 is 0 Å². The van der Waals surface area contributed by atoms with Gasteiger partial charge in [0.15, 0.2) is 0 Å². The second-order valence-electron chi connectivity index (χ2n) is 3.28. The minimum absolute atomic E-state index is 0.123. The Balaban J connectivity index is 2.35. The highest BCUT2D eigenvalue weighted by atomic mass is 35.5. The lowest BCUT2D eigenvalue weighted by Gasteiger charge is -2.03. The van der Waals surface area contributed by atoms with Gasteiger partial charge in [0.2, 0.25) is 0 Å². The van der Waals surface area contributed by atoms with E-state index in [-0.39, 0.29) is 11.8 Å². The Hall–Kier alpha value is -0.530. The van der Waals surface area contributed by atoms with Crippen LogP contribution in [0.4, 0.5) is 0 Å². The van der Waals surface area contributed by atoms with Gasteiger partial charge >= 0.3 is 0 Å². The number of aldehydes is 1.